The minimum absolute atomic E-state index is 0.0882. The summed E-state index contributed by atoms with van der Waals surface area (Å²) in [7, 11) is 1.53. The van der Waals surface area contributed by atoms with Gasteiger partial charge in [0.15, 0.2) is 12.4 Å². The van der Waals surface area contributed by atoms with Crippen LogP contribution in [-0.4, -0.2) is 48.7 Å². The van der Waals surface area contributed by atoms with Crippen LogP contribution in [0.25, 0.3) is 0 Å². The number of ether oxygens (including phenoxy) is 1. The second-order valence-corrected chi connectivity index (χ2v) is 9.05. The van der Waals surface area contributed by atoms with E-state index in [2.05, 4.69) is 5.32 Å². The number of Topliss-reactive ketones (excluding diaryl/α,β-unsaturated/α-hetero) is 1. The van der Waals surface area contributed by atoms with Gasteiger partial charge in [-0.15, -0.1) is 0 Å². The molecule has 2 aromatic rings. The lowest BCUT2D eigenvalue weighted by molar-refractivity contribution is -0.157. The highest BCUT2D eigenvalue weighted by Gasteiger charge is 2.48. The van der Waals surface area contributed by atoms with E-state index in [4.69, 9.17) is 16.3 Å². The number of halogens is 1. The van der Waals surface area contributed by atoms with Crippen LogP contribution in [0, 0.1) is 13.8 Å². The van der Waals surface area contributed by atoms with Crippen LogP contribution >= 0.6 is 11.6 Å². The normalized spacial score (nSPS) is 17.7. The van der Waals surface area contributed by atoms with Gasteiger partial charge in [-0.25, -0.2) is 0 Å². The lowest BCUT2D eigenvalue weighted by Crippen LogP contribution is -2.55. The summed E-state index contributed by atoms with van der Waals surface area (Å²) in [5.74, 6) is -1.77. The number of carbonyl (C=O) groups is 4. The van der Waals surface area contributed by atoms with Gasteiger partial charge in [0.05, 0.1) is 0 Å². The molecule has 1 atom stereocenters. The SMILES string of the molecule is Cc1cc(C)cc(C(=O)NCC(=O)OCC(=O)N(C)C2(c3ccccc3Cl)CCCCC2=O)c1. The van der Waals surface area contributed by atoms with Crippen LogP contribution in [-0.2, 0) is 24.7 Å². The topological polar surface area (TPSA) is 92.8 Å². The molecule has 0 radical (unpaired) electrons. The molecule has 1 aliphatic rings. The number of nitrogens with zero attached hydrogens (tertiary/aromatic N) is 1. The van der Waals surface area contributed by atoms with E-state index in [9.17, 15) is 19.2 Å². The second-order valence-electron chi connectivity index (χ2n) is 8.64. The number of hydrogen-bond acceptors (Lipinski definition) is 5. The molecular weight excluding hydrogens is 456 g/mol. The molecule has 1 fully saturated rings. The summed E-state index contributed by atoms with van der Waals surface area (Å²) in [6.45, 7) is 2.84. The summed E-state index contributed by atoms with van der Waals surface area (Å²) in [6.07, 6.45) is 2.30. The molecule has 8 heteroatoms. The summed E-state index contributed by atoms with van der Waals surface area (Å²) in [5, 5.41) is 2.91. The van der Waals surface area contributed by atoms with Crippen LogP contribution in [0.15, 0.2) is 42.5 Å². The molecule has 0 saturated heterocycles. The minimum atomic E-state index is -1.20. The van der Waals surface area contributed by atoms with Crippen LogP contribution in [0.5, 0.6) is 0 Å². The molecule has 0 bridgehead atoms. The zero-order valence-electron chi connectivity index (χ0n) is 19.7. The van der Waals surface area contributed by atoms with Crippen molar-refractivity contribution in [1.82, 2.24) is 10.2 Å². The van der Waals surface area contributed by atoms with Gasteiger partial charge in [0, 0.05) is 29.6 Å². The van der Waals surface area contributed by atoms with Crippen molar-refractivity contribution >= 4 is 35.2 Å². The third kappa shape index (κ3) is 5.47. The van der Waals surface area contributed by atoms with Gasteiger partial charge >= 0.3 is 5.97 Å². The largest absolute Gasteiger partial charge is 0.454 e. The van der Waals surface area contributed by atoms with Crippen molar-refractivity contribution in [3.05, 3.63) is 69.7 Å². The molecule has 3 rings (SSSR count). The average molecular weight is 485 g/mol. The van der Waals surface area contributed by atoms with E-state index >= 15 is 0 Å². The van der Waals surface area contributed by atoms with Crippen molar-refractivity contribution in [2.24, 2.45) is 0 Å². The Morgan fingerprint density at radius 3 is 2.41 bits per heavy atom. The maximum Gasteiger partial charge on any atom is 0.325 e. The van der Waals surface area contributed by atoms with Gasteiger partial charge in [-0.05, 0) is 51.3 Å². The summed E-state index contributed by atoms with van der Waals surface area (Å²) >= 11 is 6.41. The number of likely N-dealkylation sites (N-methyl/N-ethyl adjacent to an activating group) is 1. The van der Waals surface area contributed by atoms with Crippen LogP contribution in [0.2, 0.25) is 5.02 Å². The molecule has 1 N–H and O–H groups in total. The molecule has 0 spiro atoms. The Kier molecular flexibility index (Phi) is 8.10. The Balaban J connectivity index is 1.63. The van der Waals surface area contributed by atoms with E-state index < -0.39 is 29.9 Å². The molecule has 7 nitrogen and oxygen atoms in total. The molecule has 2 amide bonds. The van der Waals surface area contributed by atoms with E-state index in [1.807, 2.05) is 19.9 Å². The number of amides is 2. The van der Waals surface area contributed by atoms with Crippen molar-refractivity contribution in [3.63, 3.8) is 0 Å². The fourth-order valence-electron chi connectivity index (χ4n) is 4.49. The Hall–Kier alpha value is -3.19. The maximum absolute atomic E-state index is 13.1. The van der Waals surface area contributed by atoms with E-state index in [0.717, 1.165) is 24.0 Å². The number of ketones is 1. The molecule has 0 aromatic heterocycles. The summed E-state index contributed by atoms with van der Waals surface area (Å²) in [6, 6.07) is 12.4. The number of carbonyl (C=O) groups excluding carboxylic acids is 4. The minimum Gasteiger partial charge on any atom is -0.454 e. The zero-order valence-corrected chi connectivity index (χ0v) is 20.4. The zero-order chi connectivity index (χ0) is 24.9. The Bertz CT molecular complexity index is 1100. The first-order valence-electron chi connectivity index (χ1n) is 11.2. The number of nitrogens with one attached hydrogen (secondary N) is 1. The number of benzene rings is 2. The first kappa shape index (κ1) is 25.4. The van der Waals surface area contributed by atoms with Gasteiger partial charge in [-0.1, -0.05) is 47.0 Å². The maximum atomic E-state index is 13.1. The second kappa shape index (κ2) is 10.8. The van der Waals surface area contributed by atoms with Crippen molar-refractivity contribution in [2.75, 3.05) is 20.2 Å². The summed E-state index contributed by atoms with van der Waals surface area (Å²) in [5.41, 5.74) is 1.69. The Morgan fingerprint density at radius 1 is 1.09 bits per heavy atom. The Labute approximate surface area is 204 Å². The van der Waals surface area contributed by atoms with Gasteiger partial charge < -0.3 is 15.0 Å². The average Bonchev–Trinajstić information content (AvgIpc) is 2.80. The number of hydrogen-bond donors (Lipinski definition) is 1. The highest BCUT2D eigenvalue weighted by molar-refractivity contribution is 6.31. The van der Waals surface area contributed by atoms with Gasteiger partial charge in [0.2, 0.25) is 0 Å². The fourth-order valence-corrected chi connectivity index (χ4v) is 4.78. The van der Waals surface area contributed by atoms with Gasteiger partial charge in [-0.3, -0.25) is 19.2 Å². The third-order valence-electron chi connectivity index (χ3n) is 6.15. The molecule has 0 aliphatic heterocycles. The van der Waals surface area contributed by atoms with E-state index in [1.165, 1.54) is 11.9 Å². The van der Waals surface area contributed by atoms with Gasteiger partial charge in [0.25, 0.3) is 11.8 Å². The highest BCUT2D eigenvalue weighted by Crippen LogP contribution is 2.42. The van der Waals surface area contributed by atoms with Crippen molar-refractivity contribution in [1.29, 1.82) is 0 Å². The predicted molar refractivity (Wildman–Crippen MR) is 129 cm³/mol. The molecular formula is C26H29ClN2O5. The molecule has 1 aliphatic carbocycles. The summed E-state index contributed by atoms with van der Waals surface area (Å²) < 4.78 is 5.11. The first-order chi connectivity index (χ1) is 16.1. The number of aryl methyl sites for hydroxylation is 2. The molecule has 2 aromatic carbocycles. The fraction of sp³-hybridized carbons (Fsp3) is 0.385. The molecule has 180 valence electrons. The number of rotatable bonds is 7. The van der Waals surface area contributed by atoms with E-state index in [-0.39, 0.29) is 12.3 Å². The first-order valence-corrected chi connectivity index (χ1v) is 11.6. The van der Waals surface area contributed by atoms with E-state index in [1.54, 1.807) is 36.4 Å². The molecule has 0 heterocycles. The van der Waals surface area contributed by atoms with Gasteiger partial charge in [-0.2, -0.15) is 0 Å². The van der Waals surface area contributed by atoms with Crippen molar-refractivity contribution < 1.29 is 23.9 Å². The number of esters is 1. The monoisotopic (exact) mass is 484 g/mol. The van der Waals surface area contributed by atoms with Crippen LogP contribution in [0.1, 0.15) is 52.7 Å². The van der Waals surface area contributed by atoms with Crippen LogP contribution < -0.4 is 5.32 Å². The van der Waals surface area contributed by atoms with Crippen LogP contribution in [0.3, 0.4) is 0 Å². The summed E-state index contributed by atoms with van der Waals surface area (Å²) in [4.78, 5) is 52.0. The van der Waals surface area contributed by atoms with Crippen molar-refractivity contribution in [2.45, 2.75) is 45.1 Å². The quantitative estimate of drug-likeness (QED) is 0.604. The standard InChI is InChI=1S/C26H29ClN2O5/c1-17-12-18(2)14-19(13-17)25(33)28-15-24(32)34-16-23(31)29(3)26(11-7-6-10-22(26)30)20-8-4-5-9-21(20)27/h4-5,8-9,12-14H,6-7,10-11,15-16H2,1-3H3,(H,28,33). The molecule has 1 saturated carbocycles. The smallest absolute Gasteiger partial charge is 0.325 e. The highest BCUT2D eigenvalue weighted by atomic mass is 35.5. The molecule has 34 heavy (non-hydrogen) atoms. The lowest BCUT2D eigenvalue weighted by atomic mass is 9.74. The Morgan fingerprint density at radius 2 is 1.76 bits per heavy atom. The van der Waals surface area contributed by atoms with E-state index in [0.29, 0.717) is 29.0 Å². The third-order valence-corrected chi connectivity index (χ3v) is 6.48. The molecule has 1 unspecified atom stereocenters. The van der Waals surface area contributed by atoms with Crippen LogP contribution in [0.4, 0.5) is 0 Å². The lowest BCUT2D eigenvalue weighted by Gasteiger charge is -2.43. The predicted octanol–water partition coefficient (Wildman–Crippen LogP) is 3.73. The van der Waals surface area contributed by atoms with Gasteiger partial charge in [0.1, 0.15) is 12.1 Å². The van der Waals surface area contributed by atoms with Crippen molar-refractivity contribution in [3.8, 4) is 0 Å².